The summed E-state index contributed by atoms with van der Waals surface area (Å²) in [5.74, 6) is -0.262. The summed E-state index contributed by atoms with van der Waals surface area (Å²) in [5.41, 5.74) is 0.212. The van der Waals surface area contributed by atoms with Crippen LogP contribution in [0.5, 0.6) is 0 Å². The van der Waals surface area contributed by atoms with Gasteiger partial charge in [-0.3, -0.25) is 4.79 Å². The number of ether oxygens (including phenoxy) is 1. The van der Waals surface area contributed by atoms with Gasteiger partial charge < -0.3 is 10.1 Å². The van der Waals surface area contributed by atoms with Crippen molar-refractivity contribution in [2.45, 2.75) is 45.1 Å². The second kappa shape index (κ2) is 7.76. The SMILES string of the molecule is C[C@@H](OC(=O)c1ccccn1)C(=O)NCC1CCCCC1. The summed E-state index contributed by atoms with van der Waals surface area (Å²) in [5, 5.41) is 2.87. The van der Waals surface area contributed by atoms with Gasteiger partial charge in [-0.05, 0) is 37.8 Å². The number of hydrogen-bond donors (Lipinski definition) is 1. The number of carbonyl (C=O) groups is 2. The van der Waals surface area contributed by atoms with Crippen molar-refractivity contribution in [2.24, 2.45) is 5.92 Å². The Morgan fingerprint density at radius 2 is 2.10 bits per heavy atom. The molecule has 1 aliphatic rings. The molecule has 1 aromatic heterocycles. The van der Waals surface area contributed by atoms with E-state index in [1.54, 1.807) is 25.1 Å². The third kappa shape index (κ3) is 4.85. The summed E-state index contributed by atoms with van der Waals surface area (Å²) in [6, 6.07) is 4.99. The van der Waals surface area contributed by atoms with Gasteiger partial charge in [-0.15, -0.1) is 0 Å². The van der Waals surface area contributed by atoms with Gasteiger partial charge in [0, 0.05) is 12.7 Å². The van der Waals surface area contributed by atoms with Crippen LogP contribution in [0.3, 0.4) is 0 Å². The highest BCUT2D eigenvalue weighted by Crippen LogP contribution is 2.22. The highest BCUT2D eigenvalue weighted by molar-refractivity contribution is 5.90. The molecule has 0 spiro atoms. The number of esters is 1. The van der Waals surface area contributed by atoms with Crippen molar-refractivity contribution >= 4 is 11.9 Å². The summed E-state index contributed by atoms with van der Waals surface area (Å²) in [7, 11) is 0. The maximum atomic E-state index is 11.9. The van der Waals surface area contributed by atoms with Crippen molar-refractivity contribution in [2.75, 3.05) is 6.54 Å². The van der Waals surface area contributed by atoms with E-state index in [4.69, 9.17) is 4.74 Å². The smallest absolute Gasteiger partial charge is 0.357 e. The first-order chi connectivity index (χ1) is 10.2. The summed E-state index contributed by atoms with van der Waals surface area (Å²) >= 11 is 0. The van der Waals surface area contributed by atoms with Gasteiger partial charge in [0.05, 0.1) is 0 Å². The van der Waals surface area contributed by atoms with Crippen molar-refractivity contribution in [3.8, 4) is 0 Å². The molecule has 0 radical (unpaired) electrons. The molecule has 5 heteroatoms. The third-order valence-corrected chi connectivity index (χ3v) is 3.82. The van der Waals surface area contributed by atoms with Crippen LogP contribution >= 0.6 is 0 Å². The van der Waals surface area contributed by atoms with Crippen LogP contribution in [-0.4, -0.2) is 29.5 Å². The van der Waals surface area contributed by atoms with Gasteiger partial charge in [-0.2, -0.15) is 0 Å². The average Bonchev–Trinajstić information content (AvgIpc) is 2.54. The van der Waals surface area contributed by atoms with Crippen LogP contribution in [0.25, 0.3) is 0 Å². The summed E-state index contributed by atoms with van der Waals surface area (Å²) in [6.45, 7) is 2.25. The number of carbonyl (C=O) groups excluding carboxylic acids is 2. The lowest BCUT2D eigenvalue weighted by molar-refractivity contribution is -0.129. The molecule has 0 bridgehead atoms. The fourth-order valence-electron chi connectivity index (χ4n) is 2.54. The van der Waals surface area contributed by atoms with Gasteiger partial charge in [-0.1, -0.05) is 25.3 Å². The molecule has 1 heterocycles. The minimum absolute atomic E-state index is 0.212. The Morgan fingerprint density at radius 3 is 2.76 bits per heavy atom. The van der Waals surface area contributed by atoms with E-state index in [2.05, 4.69) is 10.3 Å². The topological polar surface area (TPSA) is 68.3 Å². The zero-order valence-corrected chi connectivity index (χ0v) is 12.4. The highest BCUT2D eigenvalue weighted by atomic mass is 16.5. The fraction of sp³-hybridized carbons (Fsp3) is 0.562. The number of nitrogens with one attached hydrogen (secondary N) is 1. The minimum atomic E-state index is -0.803. The molecular weight excluding hydrogens is 268 g/mol. The zero-order chi connectivity index (χ0) is 15.1. The van der Waals surface area contributed by atoms with Crippen LogP contribution in [0.2, 0.25) is 0 Å². The van der Waals surface area contributed by atoms with Gasteiger partial charge in [0.15, 0.2) is 6.10 Å². The first-order valence-electron chi connectivity index (χ1n) is 7.56. The molecule has 2 rings (SSSR count). The van der Waals surface area contributed by atoms with Crippen molar-refractivity contribution in [3.63, 3.8) is 0 Å². The summed E-state index contributed by atoms with van der Waals surface area (Å²) in [4.78, 5) is 27.6. The number of nitrogens with zero attached hydrogens (tertiary/aromatic N) is 1. The minimum Gasteiger partial charge on any atom is -0.448 e. The predicted molar refractivity (Wildman–Crippen MR) is 78.7 cm³/mol. The van der Waals surface area contributed by atoms with E-state index in [0.717, 1.165) is 0 Å². The Kier molecular flexibility index (Phi) is 5.72. The Labute approximate surface area is 125 Å². The van der Waals surface area contributed by atoms with Gasteiger partial charge in [0.25, 0.3) is 5.91 Å². The number of pyridine rings is 1. The lowest BCUT2D eigenvalue weighted by Crippen LogP contribution is -2.38. The fourth-order valence-corrected chi connectivity index (χ4v) is 2.54. The quantitative estimate of drug-likeness (QED) is 0.845. The molecule has 1 fully saturated rings. The van der Waals surface area contributed by atoms with Gasteiger partial charge in [0.2, 0.25) is 0 Å². The Balaban J connectivity index is 1.75. The first kappa shape index (κ1) is 15.5. The molecule has 0 unspecified atom stereocenters. The predicted octanol–water partition coefficient (Wildman–Crippen LogP) is 2.32. The van der Waals surface area contributed by atoms with E-state index >= 15 is 0 Å². The van der Waals surface area contributed by atoms with Gasteiger partial charge in [0.1, 0.15) is 5.69 Å². The molecule has 1 amide bonds. The van der Waals surface area contributed by atoms with Crippen LogP contribution < -0.4 is 5.32 Å². The Morgan fingerprint density at radius 1 is 1.33 bits per heavy atom. The second-order valence-corrected chi connectivity index (χ2v) is 5.51. The molecule has 1 saturated carbocycles. The normalized spacial score (nSPS) is 17.0. The van der Waals surface area contributed by atoms with Crippen molar-refractivity contribution in [3.05, 3.63) is 30.1 Å². The highest BCUT2D eigenvalue weighted by Gasteiger charge is 2.21. The van der Waals surface area contributed by atoms with E-state index in [9.17, 15) is 9.59 Å². The van der Waals surface area contributed by atoms with Gasteiger partial charge >= 0.3 is 5.97 Å². The van der Waals surface area contributed by atoms with Crippen molar-refractivity contribution in [1.29, 1.82) is 0 Å². The lowest BCUT2D eigenvalue weighted by Gasteiger charge is -2.22. The second-order valence-electron chi connectivity index (χ2n) is 5.51. The molecule has 1 aliphatic carbocycles. The molecular formula is C16H22N2O3. The van der Waals surface area contributed by atoms with Crippen molar-refractivity contribution in [1.82, 2.24) is 10.3 Å². The van der Waals surface area contributed by atoms with Crippen LogP contribution in [0.1, 0.15) is 49.5 Å². The van der Waals surface area contributed by atoms with Crippen LogP contribution in [-0.2, 0) is 9.53 Å². The molecule has 0 saturated heterocycles. The van der Waals surface area contributed by atoms with Crippen LogP contribution in [0.4, 0.5) is 0 Å². The van der Waals surface area contributed by atoms with Crippen LogP contribution in [0, 0.1) is 5.92 Å². The third-order valence-electron chi connectivity index (χ3n) is 3.82. The monoisotopic (exact) mass is 290 g/mol. The Bertz CT molecular complexity index is 470. The van der Waals surface area contributed by atoms with E-state index in [1.165, 1.54) is 38.3 Å². The largest absolute Gasteiger partial charge is 0.448 e. The Hall–Kier alpha value is -1.91. The van der Waals surface area contributed by atoms with Crippen LogP contribution in [0.15, 0.2) is 24.4 Å². The molecule has 1 N–H and O–H groups in total. The number of hydrogen-bond acceptors (Lipinski definition) is 4. The summed E-state index contributed by atoms with van der Waals surface area (Å²) < 4.78 is 5.12. The van der Waals surface area contributed by atoms with E-state index in [1.807, 2.05) is 0 Å². The lowest BCUT2D eigenvalue weighted by atomic mass is 9.89. The van der Waals surface area contributed by atoms with Gasteiger partial charge in [-0.25, -0.2) is 9.78 Å². The molecule has 0 aliphatic heterocycles. The molecule has 1 atom stereocenters. The molecule has 5 nitrogen and oxygen atoms in total. The van der Waals surface area contributed by atoms with E-state index in [0.29, 0.717) is 12.5 Å². The zero-order valence-electron chi connectivity index (χ0n) is 12.4. The maximum absolute atomic E-state index is 11.9. The number of rotatable bonds is 5. The van der Waals surface area contributed by atoms with E-state index in [-0.39, 0.29) is 11.6 Å². The average molecular weight is 290 g/mol. The standard InChI is InChI=1S/C16H22N2O3/c1-12(21-16(20)14-9-5-6-10-17-14)15(19)18-11-13-7-3-2-4-8-13/h5-6,9-10,12-13H,2-4,7-8,11H2,1H3,(H,18,19)/t12-/m1/s1. The number of amides is 1. The molecule has 114 valence electrons. The molecule has 0 aromatic carbocycles. The molecule has 21 heavy (non-hydrogen) atoms. The summed E-state index contributed by atoms with van der Waals surface area (Å²) in [6.07, 6.45) is 6.83. The first-order valence-corrected chi connectivity index (χ1v) is 7.56. The van der Waals surface area contributed by atoms with E-state index < -0.39 is 12.1 Å². The van der Waals surface area contributed by atoms with Crippen molar-refractivity contribution < 1.29 is 14.3 Å². The molecule has 1 aromatic rings. The maximum Gasteiger partial charge on any atom is 0.357 e. The number of aromatic nitrogens is 1.